The third-order valence-corrected chi connectivity index (χ3v) is 2.16. The predicted molar refractivity (Wildman–Crippen MR) is 65.4 cm³/mol. The zero-order valence-electron chi connectivity index (χ0n) is 8.81. The maximum Gasteiger partial charge on any atom is 0.128 e. The van der Waals surface area contributed by atoms with Crippen molar-refractivity contribution in [3.8, 4) is 23.8 Å². The van der Waals surface area contributed by atoms with E-state index in [0.717, 1.165) is 22.6 Å². The van der Waals surface area contributed by atoms with Gasteiger partial charge in [-0.05, 0) is 42.8 Å². The lowest BCUT2D eigenvalue weighted by Crippen LogP contribution is -1.85. The van der Waals surface area contributed by atoms with Gasteiger partial charge in [0.1, 0.15) is 11.5 Å². The molecular weight excluding hydrogens is 196 g/mol. The molecule has 0 N–H and O–H groups in total. The molecule has 1 heteroatoms. The second kappa shape index (κ2) is 4.55. The minimum Gasteiger partial charge on any atom is -0.457 e. The lowest BCUT2D eigenvalue weighted by molar-refractivity contribution is 0.482. The molecule has 0 fully saturated rings. The standard InChI is InChI=1S/C15H11O/c1-3-13-5-4-6-15(11-13)16-14-9-7-12(2)8-10-14/h1,4-11H,2H2. The molecule has 0 saturated carbocycles. The molecule has 2 rings (SSSR count). The first kappa shape index (κ1) is 10.3. The van der Waals surface area contributed by atoms with Crippen LogP contribution in [0.3, 0.4) is 0 Å². The monoisotopic (exact) mass is 207 g/mol. The van der Waals surface area contributed by atoms with Gasteiger partial charge < -0.3 is 4.74 Å². The molecule has 0 aliphatic heterocycles. The smallest absolute Gasteiger partial charge is 0.128 e. The van der Waals surface area contributed by atoms with Crippen LogP contribution in [0.2, 0.25) is 0 Å². The zero-order valence-corrected chi connectivity index (χ0v) is 8.81. The summed E-state index contributed by atoms with van der Waals surface area (Å²) in [6, 6.07) is 15.0. The summed E-state index contributed by atoms with van der Waals surface area (Å²) in [4.78, 5) is 0. The van der Waals surface area contributed by atoms with Crippen molar-refractivity contribution < 1.29 is 4.74 Å². The van der Waals surface area contributed by atoms with Crippen molar-refractivity contribution >= 4 is 0 Å². The summed E-state index contributed by atoms with van der Waals surface area (Å²) < 4.78 is 5.65. The molecule has 2 aromatic carbocycles. The highest BCUT2D eigenvalue weighted by Crippen LogP contribution is 2.22. The summed E-state index contributed by atoms with van der Waals surface area (Å²) in [5, 5.41) is 0. The second-order valence-corrected chi connectivity index (χ2v) is 3.42. The van der Waals surface area contributed by atoms with Gasteiger partial charge >= 0.3 is 0 Å². The molecule has 0 aliphatic carbocycles. The largest absolute Gasteiger partial charge is 0.457 e. The average molecular weight is 207 g/mol. The Morgan fingerprint density at radius 1 is 1.00 bits per heavy atom. The third-order valence-electron chi connectivity index (χ3n) is 2.16. The van der Waals surface area contributed by atoms with E-state index < -0.39 is 0 Å². The van der Waals surface area contributed by atoms with Crippen molar-refractivity contribution in [3.05, 3.63) is 66.6 Å². The molecule has 2 aromatic rings. The topological polar surface area (TPSA) is 9.23 Å². The van der Waals surface area contributed by atoms with Crippen LogP contribution in [0.15, 0.2) is 48.5 Å². The van der Waals surface area contributed by atoms with Crippen LogP contribution in [0.25, 0.3) is 0 Å². The summed E-state index contributed by atoms with van der Waals surface area (Å²) >= 11 is 0. The Bertz CT molecular complexity index is 518. The predicted octanol–water partition coefficient (Wildman–Crippen LogP) is 3.64. The quantitative estimate of drug-likeness (QED) is 0.683. The van der Waals surface area contributed by atoms with Crippen molar-refractivity contribution in [1.29, 1.82) is 0 Å². The Hall–Kier alpha value is -2.20. The van der Waals surface area contributed by atoms with E-state index in [1.807, 2.05) is 48.5 Å². The number of benzene rings is 2. The van der Waals surface area contributed by atoms with Gasteiger partial charge in [0.15, 0.2) is 0 Å². The molecule has 1 nitrogen and oxygen atoms in total. The molecular formula is C15H11O. The number of hydrogen-bond donors (Lipinski definition) is 0. The van der Waals surface area contributed by atoms with E-state index in [1.54, 1.807) is 0 Å². The summed E-state index contributed by atoms with van der Waals surface area (Å²) in [6.07, 6.45) is 5.32. The van der Waals surface area contributed by atoms with Gasteiger partial charge in [0.25, 0.3) is 0 Å². The molecule has 16 heavy (non-hydrogen) atoms. The van der Waals surface area contributed by atoms with Crippen LogP contribution < -0.4 is 4.74 Å². The molecule has 0 saturated heterocycles. The highest BCUT2D eigenvalue weighted by atomic mass is 16.5. The van der Waals surface area contributed by atoms with Crippen LogP contribution in [-0.4, -0.2) is 0 Å². The van der Waals surface area contributed by atoms with Gasteiger partial charge in [0, 0.05) is 5.56 Å². The van der Waals surface area contributed by atoms with Crippen LogP contribution in [-0.2, 0) is 0 Å². The van der Waals surface area contributed by atoms with E-state index in [0.29, 0.717) is 0 Å². The molecule has 0 aromatic heterocycles. The highest BCUT2D eigenvalue weighted by molar-refractivity contribution is 5.40. The number of rotatable bonds is 2. The van der Waals surface area contributed by atoms with Gasteiger partial charge in [-0.25, -0.2) is 0 Å². The van der Waals surface area contributed by atoms with E-state index >= 15 is 0 Å². The maximum atomic E-state index is 5.65. The van der Waals surface area contributed by atoms with Gasteiger partial charge in [0.2, 0.25) is 0 Å². The van der Waals surface area contributed by atoms with Gasteiger partial charge in [-0.15, -0.1) is 6.42 Å². The van der Waals surface area contributed by atoms with E-state index in [-0.39, 0.29) is 0 Å². The van der Waals surface area contributed by atoms with Crippen molar-refractivity contribution in [1.82, 2.24) is 0 Å². The van der Waals surface area contributed by atoms with E-state index in [4.69, 9.17) is 11.2 Å². The molecule has 77 valence electrons. The zero-order chi connectivity index (χ0) is 11.4. The highest BCUT2D eigenvalue weighted by Gasteiger charge is 1.97. The van der Waals surface area contributed by atoms with Gasteiger partial charge in [-0.1, -0.05) is 24.1 Å². The Balaban J connectivity index is 2.21. The fourth-order valence-corrected chi connectivity index (χ4v) is 1.34. The second-order valence-electron chi connectivity index (χ2n) is 3.42. The molecule has 0 bridgehead atoms. The lowest BCUT2D eigenvalue weighted by Gasteiger charge is -2.05. The van der Waals surface area contributed by atoms with Crippen LogP contribution in [0.5, 0.6) is 11.5 Å². The summed E-state index contributed by atoms with van der Waals surface area (Å²) in [6.45, 7) is 3.81. The average Bonchev–Trinajstić information content (AvgIpc) is 2.32. The van der Waals surface area contributed by atoms with E-state index in [1.165, 1.54) is 0 Å². The number of ether oxygens (including phenoxy) is 1. The van der Waals surface area contributed by atoms with Crippen molar-refractivity contribution in [2.24, 2.45) is 0 Å². The summed E-state index contributed by atoms with van der Waals surface area (Å²) in [5.74, 6) is 4.09. The first-order valence-corrected chi connectivity index (χ1v) is 4.94. The fraction of sp³-hybridized carbons (Fsp3) is 0. The molecule has 0 heterocycles. The molecule has 0 aliphatic rings. The van der Waals surface area contributed by atoms with Crippen molar-refractivity contribution in [2.45, 2.75) is 0 Å². The van der Waals surface area contributed by atoms with E-state index in [9.17, 15) is 0 Å². The molecule has 0 spiro atoms. The Labute approximate surface area is 95.7 Å². The Morgan fingerprint density at radius 2 is 1.75 bits per heavy atom. The Morgan fingerprint density at radius 3 is 2.44 bits per heavy atom. The number of terminal acetylenes is 1. The lowest BCUT2D eigenvalue weighted by atomic mass is 10.2. The maximum absolute atomic E-state index is 5.65. The fourth-order valence-electron chi connectivity index (χ4n) is 1.34. The molecule has 0 unspecified atom stereocenters. The minimum absolute atomic E-state index is 0.743. The summed E-state index contributed by atoms with van der Waals surface area (Å²) in [5.41, 5.74) is 1.77. The summed E-state index contributed by atoms with van der Waals surface area (Å²) in [7, 11) is 0. The van der Waals surface area contributed by atoms with Crippen LogP contribution in [0.4, 0.5) is 0 Å². The van der Waals surface area contributed by atoms with Crippen molar-refractivity contribution in [2.75, 3.05) is 0 Å². The SMILES string of the molecule is C#Cc1cccc(Oc2ccc([CH2])cc2)c1. The first-order valence-electron chi connectivity index (χ1n) is 4.94. The molecule has 1 radical (unpaired) electrons. The normalized spacial score (nSPS) is 9.50. The molecule has 0 amide bonds. The van der Waals surface area contributed by atoms with Crippen LogP contribution in [0, 0.1) is 19.3 Å². The first-order chi connectivity index (χ1) is 7.78. The Kier molecular flexibility index (Phi) is 2.93. The number of hydrogen-bond acceptors (Lipinski definition) is 1. The van der Waals surface area contributed by atoms with E-state index in [2.05, 4.69) is 12.8 Å². The van der Waals surface area contributed by atoms with Crippen LogP contribution in [0.1, 0.15) is 11.1 Å². The van der Waals surface area contributed by atoms with Gasteiger partial charge in [-0.2, -0.15) is 0 Å². The minimum atomic E-state index is 0.743. The third kappa shape index (κ3) is 2.43. The molecule has 0 atom stereocenters. The van der Waals surface area contributed by atoms with Gasteiger partial charge in [0.05, 0.1) is 0 Å². The van der Waals surface area contributed by atoms with Crippen LogP contribution >= 0.6 is 0 Å². The van der Waals surface area contributed by atoms with Gasteiger partial charge in [-0.3, -0.25) is 0 Å². The van der Waals surface area contributed by atoms with Crippen molar-refractivity contribution in [3.63, 3.8) is 0 Å².